The Morgan fingerprint density at radius 3 is 2.79 bits per heavy atom. The molecule has 104 valence electrons. The summed E-state index contributed by atoms with van der Waals surface area (Å²) in [6.07, 6.45) is 0.656. The molecule has 0 unspecified atom stereocenters. The smallest absolute Gasteiger partial charge is 0.354 e. The maximum Gasteiger partial charge on any atom is 0.354 e. The number of ether oxygens (including phenoxy) is 1. The lowest BCUT2D eigenvalue weighted by Gasteiger charge is -2.17. The number of carboxylic acids is 1. The highest BCUT2D eigenvalue weighted by molar-refractivity contribution is 5.86. The third-order valence-electron chi connectivity index (χ3n) is 2.47. The summed E-state index contributed by atoms with van der Waals surface area (Å²) in [5.41, 5.74) is -0.441. The summed E-state index contributed by atoms with van der Waals surface area (Å²) in [4.78, 5) is 26.5. The lowest BCUT2D eigenvalue weighted by molar-refractivity contribution is -0.384. The largest absolute Gasteiger partial charge is 0.477 e. The Bertz CT molecular complexity index is 477. The fourth-order valence-corrected chi connectivity index (χ4v) is 1.54. The van der Waals surface area contributed by atoms with Crippen molar-refractivity contribution in [1.29, 1.82) is 0 Å². The minimum absolute atomic E-state index is 0.0426. The second-order valence-electron chi connectivity index (χ2n) is 3.87. The predicted octanol–water partition coefficient (Wildman–Crippen LogP) is 1.16. The van der Waals surface area contributed by atoms with Gasteiger partial charge in [-0.1, -0.05) is 0 Å². The number of rotatable bonds is 7. The van der Waals surface area contributed by atoms with Crippen LogP contribution in [0.3, 0.4) is 0 Å². The lowest BCUT2D eigenvalue weighted by Crippen LogP contribution is -2.22. The zero-order valence-electron chi connectivity index (χ0n) is 10.7. The minimum Gasteiger partial charge on any atom is -0.477 e. The zero-order chi connectivity index (χ0) is 14.4. The number of aromatic carboxylic acids is 1. The summed E-state index contributed by atoms with van der Waals surface area (Å²) in [7, 11) is 3.18. The normalized spacial score (nSPS) is 10.2. The van der Waals surface area contributed by atoms with Crippen LogP contribution in [0, 0.1) is 10.1 Å². The Labute approximate surface area is 109 Å². The molecule has 8 heteroatoms. The Balaban J connectivity index is 3.02. The van der Waals surface area contributed by atoms with E-state index in [1.54, 1.807) is 19.1 Å². The van der Waals surface area contributed by atoms with Crippen molar-refractivity contribution in [2.45, 2.75) is 6.42 Å². The van der Waals surface area contributed by atoms with Crippen LogP contribution in [0.5, 0.6) is 0 Å². The van der Waals surface area contributed by atoms with Crippen LogP contribution in [-0.4, -0.2) is 48.3 Å². The highest BCUT2D eigenvalue weighted by Gasteiger charge is 2.21. The molecule has 0 saturated carbocycles. The van der Waals surface area contributed by atoms with Crippen molar-refractivity contribution in [2.24, 2.45) is 0 Å². The van der Waals surface area contributed by atoms with Gasteiger partial charge in [0.25, 0.3) is 0 Å². The fraction of sp³-hybridized carbons (Fsp3) is 0.455. The van der Waals surface area contributed by atoms with Gasteiger partial charge >= 0.3 is 11.7 Å². The van der Waals surface area contributed by atoms with E-state index >= 15 is 0 Å². The molecule has 1 heterocycles. The fourth-order valence-electron chi connectivity index (χ4n) is 1.54. The van der Waals surface area contributed by atoms with Gasteiger partial charge in [-0.2, -0.15) is 0 Å². The molecule has 0 aromatic carbocycles. The van der Waals surface area contributed by atoms with Crippen molar-refractivity contribution in [3.05, 3.63) is 27.9 Å². The number of pyridine rings is 1. The van der Waals surface area contributed by atoms with Crippen LogP contribution in [0.4, 0.5) is 11.5 Å². The summed E-state index contributed by atoms with van der Waals surface area (Å²) >= 11 is 0. The highest BCUT2D eigenvalue weighted by Crippen LogP contribution is 2.25. The zero-order valence-corrected chi connectivity index (χ0v) is 10.7. The second kappa shape index (κ2) is 6.64. The van der Waals surface area contributed by atoms with Gasteiger partial charge in [0, 0.05) is 33.4 Å². The third kappa shape index (κ3) is 3.88. The summed E-state index contributed by atoms with van der Waals surface area (Å²) in [6.45, 7) is 0.988. The molecular formula is C11H15N3O5. The SMILES string of the molecule is COCCCN(C)c1nc(C(=O)O)ccc1[N+](=O)[O-]. The van der Waals surface area contributed by atoms with Crippen LogP contribution >= 0.6 is 0 Å². The molecule has 19 heavy (non-hydrogen) atoms. The van der Waals surface area contributed by atoms with Crippen molar-refractivity contribution < 1.29 is 19.6 Å². The quantitative estimate of drug-likeness (QED) is 0.449. The third-order valence-corrected chi connectivity index (χ3v) is 2.47. The van der Waals surface area contributed by atoms with Crippen molar-refractivity contribution in [3.63, 3.8) is 0 Å². The van der Waals surface area contributed by atoms with Gasteiger partial charge in [0.05, 0.1) is 4.92 Å². The molecule has 0 fully saturated rings. The monoisotopic (exact) mass is 269 g/mol. The first-order chi connectivity index (χ1) is 8.97. The predicted molar refractivity (Wildman–Crippen MR) is 67.6 cm³/mol. The number of nitrogens with zero attached hydrogens (tertiary/aromatic N) is 3. The van der Waals surface area contributed by atoms with Gasteiger partial charge in [0.15, 0.2) is 5.69 Å². The molecule has 1 aromatic heterocycles. The van der Waals surface area contributed by atoms with Crippen molar-refractivity contribution in [3.8, 4) is 0 Å². The van der Waals surface area contributed by atoms with Crippen LogP contribution in [0.2, 0.25) is 0 Å². The van der Waals surface area contributed by atoms with E-state index in [4.69, 9.17) is 9.84 Å². The van der Waals surface area contributed by atoms with E-state index in [1.165, 1.54) is 0 Å². The lowest BCUT2D eigenvalue weighted by atomic mass is 10.3. The number of hydrogen-bond donors (Lipinski definition) is 1. The number of aromatic nitrogens is 1. The van der Waals surface area contributed by atoms with Gasteiger partial charge in [0.1, 0.15) is 0 Å². The molecule has 0 aliphatic carbocycles. The van der Waals surface area contributed by atoms with Gasteiger partial charge in [-0.3, -0.25) is 10.1 Å². The Hall–Kier alpha value is -2.22. The minimum atomic E-state index is -1.22. The van der Waals surface area contributed by atoms with E-state index in [-0.39, 0.29) is 17.2 Å². The molecule has 1 N–H and O–H groups in total. The molecule has 0 radical (unpaired) electrons. The van der Waals surface area contributed by atoms with Gasteiger partial charge in [-0.15, -0.1) is 0 Å². The molecule has 0 atom stereocenters. The van der Waals surface area contributed by atoms with Crippen LogP contribution < -0.4 is 4.90 Å². The topological polar surface area (TPSA) is 106 Å². The number of carboxylic acid groups (broad SMARTS) is 1. The number of nitro groups is 1. The molecule has 0 aliphatic heterocycles. The van der Waals surface area contributed by atoms with E-state index in [9.17, 15) is 14.9 Å². The Morgan fingerprint density at radius 2 is 2.26 bits per heavy atom. The molecule has 0 spiro atoms. The molecule has 0 bridgehead atoms. The van der Waals surface area contributed by atoms with E-state index in [0.717, 1.165) is 12.1 Å². The van der Waals surface area contributed by atoms with Gasteiger partial charge < -0.3 is 14.7 Å². The van der Waals surface area contributed by atoms with Crippen molar-refractivity contribution >= 4 is 17.5 Å². The van der Waals surface area contributed by atoms with Gasteiger partial charge in [0.2, 0.25) is 5.82 Å². The molecule has 1 aromatic rings. The van der Waals surface area contributed by atoms with E-state index in [1.807, 2.05) is 0 Å². The molecule has 0 amide bonds. The maximum atomic E-state index is 10.9. The standard InChI is InChI=1S/C11H15N3O5/c1-13(6-3-7-19-2)10-9(14(17)18)5-4-8(12-10)11(15)16/h4-5H,3,6-7H2,1-2H3,(H,15,16). The van der Waals surface area contributed by atoms with Crippen molar-refractivity contribution in [1.82, 2.24) is 4.98 Å². The molecule has 0 aliphatic rings. The van der Waals surface area contributed by atoms with E-state index in [2.05, 4.69) is 4.98 Å². The Morgan fingerprint density at radius 1 is 1.58 bits per heavy atom. The van der Waals surface area contributed by atoms with Crippen LogP contribution in [0.15, 0.2) is 12.1 Å². The molecular weight excluding hydrogens is 254 g/mol. The molecule has 8 nitrogen and oxygen atoms in total. The number of carbonyl (C=O) groups is 1. The second-order valence-corrected chi connectivity index (χ2v) is 3.87. The summed E-state index contributed by atoms with van der Waals surface area (Å²) in [6, 6.07) is 2.27. The van der Waals surface area contributed by atoms with E-state index in [0.29, 0.717) is 19.6 Å². The average Bonchev–Trinajstić information content (AvgIpc) is 2.37. The average molecular weight is 269 g/mol. The first-order valence-electron chi connectivity index (χ1n) is 5.56. The van der Waals surface area contributed by atoms with Crippen LogP contribution in [0.25, 0.3) is 0 Å². The van der Waals surface area contributed by atoms with E-state index < -0.39 is 10.9 Å². The number of hydrogen-bond acceptors (Lipinski definition) is 6. The summed E-state index contributed by atoms with van der Waals surface area (Å²) in [5, 5.41) is 19.8. The highest BCUT2D eigenvalue weighted by atomic mass is 16.6. The Kier molecular flexibility index (Phi) is 5.19. The van der Waals surface area contributed by atoms with Gasteiger partial charge in [-0.25, -0.2) is 9.78 Å². The molecule has 1 rings (SSSR count). The number of anilines is 1. The van der Waals surface area contributed by atoms with Gasteiger partial charge in [-0.05, 0) is 12.5 Å². The molecule has 0 saturated heterocycles. The van der Waals surface area contributed by atoms with Crippen LogP contribution in [-0.2, 0) is 4.74 Å². The van der Waals surface area contributed by atoms with Crippen LogP contribution in [0.1, 0.15) is 16.9 Å². The first-order valence-corrected chi connectivity index (χ1v) is 5.56. The summed E-state index contributed by atoms with van der Waals surface area (Å²) in [5.74, 6) is -1.18. The number of methoxy groups -OCH3 is 1. The summed E-state index contributed by atoms with van der Waals surface area (Å²) < 4.78 is 4.89. The maximum absolute atomic E-state index is 10.9. The first kappa shape index (κ1) is 14.8. The van der Waals surface area contributed by atoms with Crippen molar-refractivity contribution in [2.75, 3.05) is 32.2 Å².